The number of aromatic amines is 1. The summed E-state index contributed by atoms with van der Waals surface area (Å²) >= 11 is 0. The van der Waals surface area contributed by atoms with Gasteiger partial charge in [0.05, 0.1) is 13.2 Å². The van der Waals surface area contributed by atoms with E-state index in [1.54, 1.807) is 13.8 Å². The Balaban J connectivity index is 1.90. The lowest BCUT2D eigenvalue weighted by Crippen LogP contribution is -2.35. The van der Waals surface area contributed by atoms with Crippen molar-refractivity contribution >= 4 is 17.1 Å². The van der Waals surface area contributed by atoms with Crippen LogP contribution in [0.25, 0.3) is 11.1 Å². The van der Waals surface area contributed by atoms with Crippen molar-refractivity contribution in [3.63, 3.8) is 0 Å². The molecule has 0 radical (unpaired) electrons. The summed E-state index contributed by atoms with van der Waals surface area (Å²) < 4.78 is 10.6. The predicted molar refractivity (Wildman–Crippen MR) is 93.6 cm³/mol. The number of aromatic nitrogens is 2. The summed E-state index contributed by atoms with van der Waals surface area (Å²) in [6.45, 7) is 8.41. The van der Waals surface area contributed by atoms with Gasteiger partial charge in [-0.1, -0.05) is 13.3 Å². The zero-order valence-corrected chi connectivity index (χ0v) is 15.1. The summed E-state index contributed by atoms with van der Waals surface area (Å²) in [4.78, 5) is 34.2. The number of rotatable bonds is 5. The normalized spacial score (nSPS) is 18.6. The molecule has 0 spiro atoms. The van der Waals surface area contributed by atoms with E-state index in [1.165, 1.54) is 12.8 Å². The van der Waals surface area contributed by atoms with Gasteiger partial charge in [-0.3, -0.25) is 9.69 Å². The number of hydrogen-bond donors (Lipinski definition) is 1. The monoisotopic (exact) mass is 347 g/mol. The number of carbonyl (C=O) groups is 1. The zero-order valence-electron chi connectivity index (χ0n) is 15.1. The van der Waals surface area contributed by atoms with Crippen molar-refractivity contribution < 1.29 is 13.9 Å². The molecule has 1 aliphatic heterocycles. The number of nitrogens with zero attached hydrogens (tertiary/aromatic N) is 2. The van der Waals surface area contributed by atoms with E-state index in [0.29, 0.717) is 24.0 Å². The molecular formula is C18H25N3O4. The van der Waals surface area contributed by atoms with Gasteiger partial charge in [0.1, 0.15) is 22.5 Å². The van der Waals surface area contributed by atoms with Crippen LogP contribution in [0, 0.1) is 12.8 Å². The second kappa shape index (κ2) is 7.39. The molecule has 1 saturated heterocycles. The molecule has 0 saturated carbocycles. The molecule has 0 aromatic carbocycles. The second-order valence-corrected chi connectivity index (χ2v) is 6.60. The number of ether oxygens (including phenoxy) is 1. The maximum Gasteiger partial charge on any atom is 0.342 e. The van der Waals surface area contributed by atoms with Gasteiger partial charge in [0.2, 0.25) is 5.71 Å². The molecule has 0 aliphatic carbocycles. The Hall–Kier alpha value is -2.15. The first-order valence-corrected chi connectivity index (χ1v) is 8.95. The van der Waals surface area contributed by atoms with Crippen molar-refractivity contribution in [3.8, 4) is 0 Å². The van der Waals surface area contributed by atoms with Crippen LogP contribution in [-0.4, -0.2) is 40.5 Å². The minimum Gasteiger partial charge on any atom is -0.462 e. The van der Waals surface area contributed by atoms with Crippen LogP contribution in [0.15, 0.2) is 9.21 Å². The van der Waals surface area contributed by atoms with Crippen molar-refractivity contribution in [2.75, 3.05) is 19.7 Å². The van der Waals surface area contributed by atoms with Crippen molar-refractivity contribution in [1.82, 2.24) is 14.9 Å². The Bertz CT molecular complexity index is 824. The summed E-state index contributed by atoms with van der Waals surface area (Å²) in [6, 6.07) is 0. The van der Waals surface area contributed by atoms with Gasteiger partial charge in [0.15, 0.2) is 0 Å². The molecule has 1 atom stereocenters. The average molecular weight is 347 g/mol. The second-order valence-electron chi connectivity index (χ2n) is 6.60. The first-order valence-electron chi connectivity index (χ1n) is 8.95. The van der Waals surface area contributed by atoms with Crippen LogP contribution in [0.3, 0.4) is 0 Å². The fourth-order valence-corrected chi connectivity index (χ4v) is 3.53. The number of H-pyrrole nitrogens is 1. The van der Waals surface area contributed by atoms with Crippen molar-refractivity contribution in [2.45, 2.75) is 46.6 Å². The molecule has 1 aliphatic rings. The van der Waals surface area contributed by atoms with Crippen LogP contribution in [0.4, 0.5) is 0 Å². The third-order valence-electron chi connectivity index (χ3n) is 4.82. The smallest absolute Gasteiger partial charge is 0.342 e. The number of fused-ring (bicyclic) bond motifs is 1. The van der Waals surface area contributed by atoms with Crippen LogP contribution in [0.2, 0.25) is 0 Å². The lowest BCUT2D eigenvalue weighted by Gasteiger charge is -2.31. The van der Waals surface area contributed by atoms with Gasteiger partial charge in [-0.2, -0.15) is 4.98 Å². The van der Waals surface area contributed by atoms with Gasteiger partial charge >= 0.3 is 5.97 Å². The zero-order chi connectivity index (χ0) is 18.0. The number of hydrogen-bond acceptors (Lipinski definition) is 6. The van der Waals surface area contributed by atoms with Gasteiger partial charge in [-0.25, -0.2) is 4.79 Å². The number of piperidine rings is 1. The lowest BCUT2D eigenvalue weighted by atomic mass is 9.96. The van der Waals surface area contributed by atoms with E-state index in [0.717, 1.165) is 19.5 Å². The molecule has 25 heavy (non-hydrogen) atoms. The summed E-state index contributed by atoms with van der Waals surface area (Å²) in [7, 11) is 0. The van der Waals surface area contributed by atoms with Crippen molar-refractivity contribution in [3.05, 3.63) is 27.5 Å². The van der Waals surface area contributed by atoms with Gasteiger partial charge in [-0.05, 0) is 39.2 Å². The summed E-state index contributed by atoms with van der Waals surface area (Å²) in [6.07, 6.45) is 3.59. The van der Waals surface area contributed by atoms with Gasteiger partial charge in [0, 0.05) is 6.54 Å². The van der Waals surface area contributed by atoms with E-state index < -0.39 is 5.97 Å². The quantitative estimate of drug-likeness (QED) is 0.837. The molecule has 0 amide bonds. The molecule has 0 bridgehead atoms. The van der Waals surface area contributed by atoms with E-state index in [-0.39, 0.29) is 28.8 Å². The Kier molecular flexibility index (Phi) is 5.22. The molecule has 7 nitrogen and oxygen atoms in total. The van der Waals surface area contributed by atoms with E-state index in [2.05, 4.69) is 21.8 Å². The predicted octanol–water partition coefficient (Wildman–Crippen LogP) is 2.62. The number of likely N-dealkylation sites (tertiary alicyclic amines) is 1. The maximum absolute atomic E-state index is 12.5. The molecule has 0 unspecified atom stereocenters. The van der Waals surface area contributed by atoms with Crippen LogP contribution in [0.1, 0.15) is 55.1 Å². The number of esters is 1. The van der Waals surface area contributed by atoms with Crippen molar-refractivity contribution in [1.29, 1.82) is 0 Å². The van der Waals surface area contributed by atoms with E-state index in [9.17, 15) is 9.59 Å². The molecule has 1 N–H and O–H groups in total. The van der Waals surface area contributed by atoms with Crippen LogP contribution in [0.5, 0.6) is 0 Å². The highest BCUT2D eigenvalue weighted by Crippen LogP contribution is 2.23. The third kappa shape index (κ3) is 3.61. The maximum atomic E-state index is 12.5. The summed E-state index contributed by atoms with van der Waals surface area (Å²) in [5.41, 5.74) is 0.00785. The van der Waals surface area contributed by atoms with Crippen LogP contribution >= 0.6 is 0 Å². The van der Waals surface area contributed by atoms with Crippen LogP contribution in [-0.2, 0) is 11.3 Å². The minimum absolute atomic E-state index is 0.168. The topological polar surface area (TPSA) is 88.4 Å². The summed E-state index contributed by atoms with van der Waals surface area (Å²) in [5, 5.41) is 0.171. The molecular weight excluding hydrogens is 322 g/mol. The fourth-order valence-electron chi connectivity index (χ4n) is 3.53. The standard InChI is InChI=1S/C18H25N3O4/c1-4-12-7-6-8-21(9-12)10-13-19-16(22)15-14(18(23)24-5-2)11(3)25-17(15)20-13/h12H,4-10H2,1-3H3,(H,19,20,22)/t12-/m0/s1. The Morgan fingerprint density at radius 3 is 2.96 bits per heavy atom. The SMILES string of the molecule is CCOC(=O)c1c(C)oc2nc(CN3CCC[C@H](CC)C3)[nH]c(=O)c12. The van der Waals surface area contributed by atoms with E-state index in [1.807, 2.05) is 0 Å². The molecule has 136 valence electrons. The minimum atomic E-state index is -0.555. The van der Waals surface area contributed by atoms with Gasteiger partial charge in [0.25, 0.3) is 5.56 Å². The molecule has 2 aromatic rings. The molecule has 3 rings (SSSR count). The van der Waals surface area contributed by atoms with E-state index in [4.69, 9.17) is 9.15 Å². The van der Waals surface area contributed by atoms with E-state index >= 15 is 0 Å². The Labute approximate surface area is 146 Å². The largest absolute Gasteiger partial charge is 0.462 e. The highest BCUT2D eigenvalue weighted by atomic mass is 16.5. The average Bonchev–Trinajstić information content (AvgIpc) is 2.91. The van der Waals surface area contributed by atoms with Gasteiger partial charge in [-0.15, -0.1) is 0 Å². The molecule has 2 aromatic heterocycles. The molecule has 3 heterocycles. The number of nitrogens with one attached hydrogen (secondary N) is 1. The first-order chi connectivity index (χ1) is 12.0. The molecule has 1 fully saturated rings. The lowest BCUT2D eigenvalue weighted by molar-refractivity contribution is 0.0526. The van der Waals surface area contributed by atoms with Gasteiger partial charge < -0.3 is 14.1 Å². The number of carbonyl (C=O) groups excluding carboxylic acids is 1. The Morgan fingerprint density at radius 1 is 1.44 bits per heavy atom. The molecule has 7 heteroatoms. The van der Waals surface area contributed by atoms with Crippen LogP contribution < -0.4 is 5.56 Å². The summed E-state index contributed by atoms with van der Waals surface area (Å²) in [5.74, 6) is 1.07. The van der Waals surface area contributed by atoms with Crippen molar-refractivity contribution in [2.24, 2.45) is 5.92 Å². The fraction of sp³-hybridized carbons (Fsp3) is 0.611. The first kappa shape index (κ1) is 17.7. The number of aryl methyl sites for hydroxylation is 1. The Morgan fingerprint density at radius 2 is 2.24 bits per heavy atom. The third-order valence-corrected chi connectivity index (χ3v) is 4.82. The number of furan rings is 1. The highest BCUT2D eigenvalue weighted by molar-refractivity contribution is 6.03. The highest BCUT2D eigenvalue weighted by Gasteiger charge is 2.24.